The van der Waals surface area contributed by atoms with E-state index in [0.717, 1.165) is 22.3 Å². The van der Waals surface area contributed by atoms with E-state index in [2.05, 4.69) is 11.8 Å². The van der Waals surface area contributed by atoms with Crippen LogP contribution in [0.4, 0.5) is 0 Å². The first-order valence-corrected chi connectivity index (χ1v) is 14.0. The van der Waals surface area contributed by atoms with Gasteiger partial charge < -0.3 is 15.3 Å². The van der Waals surface area contributed by atoms with Gasteiger partial charge in [0.25, 0.3) is 0 Å². The van der Waals surface area contributed by atoms with Gasteiger partial charge in [0.15, 0.2) is 11.4 Å². The number of ketones is 3. The number of phenols is 1. The zero-order valence-electron chi connectivity index (χ0n) is 24.7. The van der Waals surface area contributed by atoms with Gasteiger partial charge in [-0.3, -0.25) is 14.4 Å². The summed E-state index contributed by atoms with van der Waals surface area (Å²) in [6, 6.07) is 9.51. The quantitative estimate of drug-likeness (QED) is 0.252. The molecule has 3 N–H and O–H groups in total. The second kappa shape index (κ2) is 9.29. The number of carbonyl (C=O) groups excluding carboxylic acids is 3. The molecule has 2 aromatic rings. The molecule has 1 saturated carbocycles. The Morgan fingerprint density at radius 1 is 0.976 bits per heavy atom. The first kappa shape index (κ1) is 28.6. The van der Waals surface area contributed by atoms with Crippen LogP contribution in [0.2, 0.25) is 0 Å². The van der Waals surface area contributed by atoms with Crippen molar-refractivity contribution in [3.8, 4) is 17.6 Å². The van der Waals surface area contributed by atoms with Crippen molar-refractivity contribution >= 4 is 23.1 Å². The molecule has 0 heterocycles. The fourth-order valence-electron chi connectivity index (χ4n) is 7.51. The monoisotopic (exact) mass is 552 g/mol. The molecule has 0 radical (unpaired) electrons. The summed E-state index contributed by atoms with van der Waals surface area (Å²) >= 11 is 0. The van der Waals surface area contributed by atoms with E-state index in [1.807, 2.05) is 58.0 Å². The number of allylic oxidation sites excluding steroid dienone is 1. The van der Waals surface area contributed by atoms with E-state index < -0.39 is 39.5 Å². The number of carbonyl (C=O) groups is 3. The number of fused-ring (bicyclic) bond motifs is 3. The van der Waals surface area contributed by atoms with Gasteiger partial charge in [-0.25, -0.2) is 0 Å². The van der Waals surface area contributed by atoms with Crippen LogP contribution in [0.15, 0.2) is 47.1 Å². The molecule has 3 aliphatic carbocycles. The topological polar surface area (TPSA) is 112 Å². The second-order valence-corrected chi connectivity index (χ2v) is 12.9. The van der Waals surface area contributed by atoms with Gasteiger partial charge in [0, 0.05) is 22.0 Å². The average Bonchev–Trinajstić information content (AvgIpc) is 2.86. The van der Waals surface area contributed by atoms with E-state index >= 15 is 0 Å². The van der Waals surface area contributed by atoms with Gasteiger partial charge in [-0.2, -0.15) is 0 Å². The number of aromatic hydroxyl groups is 1. The smallest absolute Gasteiger partial charge is 0.206 e. The van der Waals surface area contributed by atoms with Gasteiger partial charge in [-0.15, -0.1) is 0 Å². The normalized spacial score (nSPS) is 27.2. The van der Waals surface area contributed by atoms with Crippen LogP contribution in [-0.4, -0.2) is 38.3 Å². The highest BCUT2D eigenvalue weighted by molar-refractivity contribution is 6.33. The number of rotatable bonds is 2. The Morgan fingerprint density at radius 2 is 1.61 bits per heavy atom. The van der Waals surface area contributed by atoms with Crippen molar-refractivity contribution in [2.45, 2.75) is 79.2 Å². The maximum absolute atomic E-state index is 14.3. The fourth-order valence-corrected chi connectivity index (χ4v) is 7.51. The number of aliphatic hydroxyl groups is 2. The number of Topliss-reactive ketones (excluding diaryl/α,β-unsaturated/α-hetero) is 3. The van der Waals surface area contributed by atoms with E-state index in [1.54, 1.807) is 13.8 Å². The highest BCUT2D eigenvalue weighted by atomic mass is 16.3. The predicted molar refractivity (Wildman–Crippen MR) is 156 cm³/mol. The van der Waals surface area contributed by atoms with Crippen LogP contribution < -0.4 is 0 Å². The first-order chi connectivity index (χ1) is 19.1. The second-order valence-electron chi connectivity index (χ2n) is 12.9. The minimum Gasteiger partial charge on any atom is -0.507 e. The lowest BCUT2D eigenvalue weighted by atomic mass is 9.46. The Kier molecular flexibility index (Phi) is 6.47. The molecule has 0 unspecified atom stereocenters. The predicted octanol–water partition coefficient (Wildman–Crippen LogP) is 5.64. The van der Waals surface area contributed by atoms with Crippen LogP contribution in [0.1, 0.15) is 93.7 Å². The van der Waals surface area contributed by atoms with Crippen molar-refractivity contribution in [1.29, 1.82) is 0 Å². The fraction of sp³-hybridized carbons (Fsp3) is 0.400. The summed E-state index contributed by atoms with van der Waals surface area (Å²) in [4.78, 5) is 40.3. The molecule has 5 rings (SSSR count). The summed E-state index contributed by atoms with van der Waals surface area (Å²) in [7, 11) is 0. The van der Waals surface area contributed by atoms with Crippen molar-refractivity contribution < 1.29 is 29.7 Å². The number of benzene rings is 2. The van der Waals surface area contributed by atoms with E-state index in [4.69, 9.17) is 0 Å². The zero-order valence-corrected chi connectivity index (χ0v) is 24.7. The maximum atomic E-state index is 14.3. The van der Waals surface area contributed by atoms with Crippen LogP contribution in [-0.2, 0) is 20.8 Å². The Labute approximate surface area is 240 Å². The summed E-state index contributed by atoms with van der Waals surface area (Å²) in [5.74, 6) is 3.09. The van der Waals surface area contributed by atoms with E-state index in [-0.39, 0.29) is 41.2 Å². The summed E-state index contributed by atoms with van der Waals surface area (Å²) in [5.41, 5.74) is -0.404. The largest absolute Gasteiger partial charge is 0.507 e. The minimum absolute atomic E-state index is 0.0218. The Morgan fingerprint density at radius 3 is 2.20 bits per heavy atom. The summed E-state index contributed by atoms with van der Waals surface area (Å²) in [6.07, 6.45) is 0.743. The zero-order chi connectivity index (χ0) is 30.2. The van der Waals surface area contributed by atoms with Crippen LogP contribution >= 0.6 is 0 Å². The lowest BCUT2D eigenvalue weighted by Gasteiger charge is -2.56. The first-order valence-electron chi connectivity index (χ1n) is 14.0. The van der Waals surface area contributed by atoms with Gasteiger partial charge in [-0.05, 0) is 75.3 Å². The molecular formula is C35H36O6. The third-order valence-corrected chi connectivity index (χ3v) is 9.30. The highest BCUT2D eigenvalue weighted by Gasteiger charge is 2.69. The number of phenolic OH excluding ortho intramolecular Hbond substituents is 1. The Bertz CT molecular complexity index is 1680. The molecule has 0 spiro atoms. The van der Waals surface area contributed by atoms with Crippen molar-refractivity contribution in [3.05, 3.63) is 80.4 Å². The lowest BCUT2D eigenvalue weighted by molar-refractivity contribution is -0.171. The summed E-state index contributed by atoms with van der Waals surface area (Å²) in [6.45, 7) is 12.5. The molecule has 3 aliphatic rings. The SMILES string of the molecule is CC(=O)C1=C(C)C[C@@]2(C)C[C@@]3(C)Cc4c(C(C)C)cc(C#Cc5ccc(C)cc5)c(O)c4C(O)=C3C(=O)[C@@]2(O)C1=O. The molecule has 0 aromatic heterocycles. The van der Waals surface area contributed by atoms with Gasteiger partial charge in [-0.1, -0.05) is 62.8 Å². The van der Waals surface area contributed by atoms with Crippen LogP contribution in [0, 0.1) is 29.6 Å². The van der Waals surface area contributed by atoms with Crippen molar-refractivity contribution in [2.75, 3.05) is 0 Å². The molecule has 2 aromatic carbocycles. The van der Waals surface area contributed by atoms with E-state index in [1.165, 1.54) is 6.92 Å². The van der Waals surface area contributed by atoms with E-state index in [0.29, 0.717) is 17.6 Å². The molecular weight excluding hydrogens is 516 g/mol. The molecule has 3 atom stereocenters. The molecule has 0 aliphatic heterocycles. The molecule has 0 bridgehead atoms. The van der Waals surface area contributed by atoms with Crippen molar-refractivity contribution in [2.24, 2.45) is 10.8 Å². The highest BCUT2D eigenvalue weighted by Crippen LogP contribution is 2.62. The van der Waals surface area contributed by atoms with Crippen LogP contribution in [0.25, 0.3) is 5.76 Å². The van der Waals surface area contributed by atoms with Gasteiger partial charge in [0.05, 0.1) is 16.7 Å². The summed E-state index contributed by atoms with van der Waals surface area (Å²) < 4.78 is 0. The van der Waals surface area contributed by atoms with Crippen molar-refractivity contribution in [3.63, 3.8) is 0 Å². The van der Waals surface area contributed by atoms with Crippen molar-refractivity contribution in [1.82, 2.24) is 0 Å². The third kappa shape index (κ3) is 4.01. The van der Waals surface area contributed by atoms with E-state index in [9.17, 15) is 29.7 Å². The van der Waals surface area contributed by atoms with Gasteiger partial charge >= 0.3 is 0 Å². The number of aliphatic hydroxyl groups excluding tert-OH is 1. The molecule has 1 fully saturated rings. The molecule has 0 saturated heterocycles. The van der Waals surface area contributed by atoms with Crippen LogP contribution in [0.5, 0.6) is 5.75 Å². The maximum Gasteiger partial charge on any atom is 0.206 e. The van der Waals surface area contributed by atoms with Gasteiger partial charge in [0.2, 0.25) is 11.6 Å². The number of aryl methyl sites for hydroxylation is 1. The Balaban J connectivity index is 1.74. The molecule has 6 heteroatoms. The van der Waals surface area contributed by atoms with Crippen LogP contribution in [0.3, 0.4) is 0 Å². The summed E-state index contributed by atoms with van der Waals surface area (Å²) in [5, 5.41) is 35.1. The average molecular weight is 553 g/mol. The Hall–Kier alpha value is -3.95. The molecule has 0 amide bonds. The number of hydrogen-bond donors (Lipinski definition) is 3. The van der Waals surface area contributed by atoms with Gasteiger partial charge in [0.1, 0.15) is 11.5 Å². The minimum atomic E-state index is -2.51. The molecule has 212 valence electrons. The lowest BCUT2D eigenvalue weighted by Crippen LogP contribution is -2.67. The molecule has 6 nitrogen and oxygen atoms in total. The molecule has 41 heavy (non-hydrogen) atoms. The number of hydrogen-bond acceptors (Lipinski definition) is 6. The standard InChI is InChI=1S/C35H36O6/c1-18(2)24-14-23(13-12-22-10-8-19(3)9-11-22)29(37)27-25(24)16-33(6)17-34(7)15-20(4)26(21(5)36)31(39)35(34,41)32(40)28(33)30(27)38/h8-11,14,18,37-38,41H,15-17H2,1-7H3/t33-,34+,35+/m1/s1. The third-order valence-electron chi connectivity index (χ3n) is 9.30.